The van der Waals surface area contributed by atoms with Crippen molar-refractivity contribution in [2.24, 2.45) is 0 Å². The number of pyridine rings is 1. The monoisotopic (exact) mass is 433 g/mol. The van der Waals surface area contributed by atoms with E-state index in [9.17, 15) is 0 Å². The van der Waals surface area contributed by atoms with Gasteiger partial charge in [0.15, 0.2) is 0 Å². The molecular formula is C28H39N3O. The van der Waals surface area contributed by atoms with Crippen LogP contribution < -0.4 is 4.74 Å². The fourth-order valence-electron chi connectivity index (χ4n) is 3.98. The Hall–Kier alpha value is -2.62. The maximum Gasteiger partial charge on any atom is 0.119 e. The fraction of sp³-hybridized carbons (Fsp3) is 0.500. The minimum absolute atomic E-state index is 0.795. The summed E-state index contributed by atoms with van der Waals surface area (Å²) in [4.78, 5) is 4.36. The second-order valence-corrected chi connectivity index (χ2v) is 8.64. The topological polar surface area (TPSA) is 50.8 Å². The summed E-state index contributed by atoms with van der Waals surface area (Å²) < 4.78 is 5.93. The van der Waals surface area contributed by atoms with Gasteiger partial charge < -0.3 is 4.74 Å². The SMILES string of the molecule is CCCCCCCCCCCCCCOc1ccc(-c2cc(-c3ccccn3)[nH]n2)cc1. The number of nitrogens with one attached hydrogen (secondary N) is 1. The minimum atomic E-state index is 0.795. The average Bonchev–Trinajstić information content (AvgIpc) is 3.33. The van der Waals surface area contributed by atoms with Crippen molar-refractivity contribution in [3.63, 3.8) is 0 Å². The Labute approximate surface area is 193 Å². The molecule has 32 heavy (non-hydrogen) atoms. The highest BCUT2D eigenvalue weighted by Crippen LogP contribution is 2.24. The first-order valence-corrected chi connectivity index (χ1v) is 12.6. The van der Waals surface area contributed by atoms with Crippen LogP contribution in [0.2, 0.25) is 0 Å². The molecule has 0 atom stereocenters. The summed E-state index contributed by atoms with van der Waals surface area (Å²) in [5.41, 5.74) is 3.81. The standard InChI is InChI=1S/C28H39N3O/c1-2-3-4-5-6-7-8-9-10-11-12-15-22-32-25-19-17-24(18-20-25)27-23-28(31-30-27)26-16-13-14-21-29-26/h13-14,16-21,23H,2-12,15,22H2,1H3,(H,30,31). The smallest absolute Gasteiger partial charge is 0.119 e. The lowest BCUT2D eigenvalue weighted by Crippen LogP contribution is -1.97. The number of aromatic nitrogens is 3. The van der Waals surface area contributed by atoms with Crippen molar-refractivity contribution in [3.8, 4) is 28.4 Å². The minimum Gasteiger partial charge on any atom is -0.494 e. The van der Waals surface area contributed by atoms with Crippen LogP contribution in [0.15, 0.2) is 54.7 Å². The second kappa shape index (κ2) is 14.4. The molecule has 2 aromatic heterocycles. The van der Waals surface area contributed by atoms with Gasteiger partial charge in [-0.3, -0.25) is 10.1 Å². The van der Waals surface area contributed by atoms with Crippen molar-refractivity contribution in [3.05, 3.63) is 54.7 Å². The van der Waals surface area contributed by atoms with Gasteiger partial charge in [0.25, 0.3) is 0 Å². The number of aromatic amines is 1. The van der Waals surface area contributed by atoms with Gasteiger partial charge in [-0.2, -0.15) is 5.10 Å². The molecule has 0 spiro atoms. The first-order valence-electron chi connectivity index (χ1n) is 12.6. The van der Waals surface area contributed by atoms with Gasteiger partial charge in [0.05, 0.1) is 23.7 Å². The highest BCUT2D eigenvalue weighted by molar-refractivity contribution is 5.66. The first kappa shape index (κ1) is 24.0. The van der Waals surface area contributed by atoms with E-state index in [2.05, 4.69) is 34.2 Å². The number of rotatable bonds is 16. The molecule has 3 rings (SSSR count). The van der Waals surface area contributed by atoms with Crippen LogP contribution in [0.4, 0.5) is 0 Å². The molecule has 1 aromatic carbocycles. The summed E-state index contributed by atoms with van der Waals surface area (Å²) >= 11 is 0. The van der Waals surface area contributed by atoms with Crippen LogP contribution >= 0.6 is 0 Å². The molecule has 0 aliphatic carbocycles. The lowest BCUT2D eigenvalue weighted by atomic mass is 10.1. The van der Waals surface area contributed by atoms with E-state index in [0.29, 0.717) is 0 Å². The van der Waals surface area contributed by atoms with Crippen LogP contribution in [0.5, 0.6) is 5.75 Å². The third-order valence-corrected chi connectivity index (χ3v) is 5.94. The number of benzene rings is 1. The Morgan fingerprint density at radius 1 is 0.719 bits per heavy atom. The molecule has 0 bridgehead atoms. The number of hydrogen-bond acceptors (Lipinski definition) is 3. The molecule has 1 N–H and O–H groups in total. The number of nitrogens with zero attached hydrogens (tertiary/aromatic N) is 2. The third kappa shape index (κ3) is 8.49. The lowest BCUT2D eigenvalue weighted by molar-refractivity contribution is 0.304. The summed E-state index contributed by atoms with van der Waals surface area (Å²) in [6, 6.07) is 16.1. The summed E-state index contributed by atoms with van der Waals surface area (Å²) in [5.74, 6) is 0.928. The summed E-state index contributed by atoms with van der Waals surface area (Å²) in [7, 11) is 0. The molecule has 0 aliphatic rings. The van der Waals surface area contributed by atoms with Gasteiger partial charge in [0, 0.05) is 11.8 Å². The zero-order valence-electron chi connectivity index (χ0n) is 19.7. The molecule has 0 saturated heterocycles. The molecule has 0 radical (unpaired) electrons. The van der Waals surface area contributed by atoms with E-state index in [0.717, 1.165) is 41.4 Å². The van der Waals surface area contributed by atoms with E-state index < -0.39 is 0 Å². The molecule has 4 heteroatoms. The predicted octanol–water partition coefficient (Wildman–Crippen LogP) is 8.22. The van der Waals surface area contributed by atoms with Gasteiger partial charge in [-0.15, -0.1) is 0 Å². The Bertz CT molecular complexity index is 858. The van der Waals surface area contributed by atoms with Gasteiger partial charge in [-0.25, -0.2) is 0 Å². The molecule has 172 valence electrons. The second-order valence-electron chi connectivity index (χ2n) is 8.64. The maximum atomic E-state index is 5.93. The highest BCUT2D eigenvalue weighted by Gasteiger charge is 2.07. The van der Waals surface area contributed by atoms with Crippen molar-refractivity contribution < 1.29 is 4.74 Å². The van der Waals surface area contributed by atoms with Crippen LogP contribution in [-0.4, -0.2) is 21.8 Å². The van der Waals surface area contributed by atoms with E-state index in [1.807, 2.05) is 36.4 Å². The van der Waals surface area contributed by atoms with Crippen molar-refractivity contribution in [1.82, 2.24) is 15.2 Å². The molecule has 0 aliphatic heterocycles. The van der Waals surface area contributed by atoms with Crippen LogP contribution in [0.1, 0.15) is 84.0 Å². The van der Waals surface area contributed by atoms with Gasteiger partial charge in [0.1, 0.15) is 5.75 Å². The van der Waals surface area contributed by atoms with Crippen LogP contribution in [-0.2, 0) is 0 Å². The van der Waals surface area contributed by atoms with Crippen LogP contribution in [0.3, 0.4) is 0 Å². The first-order chi connectivity index (χ1) is 15.9. The Balaban J connectivity index is 1.26. The molecule has 2 heterocycles. The predicted molar refractivity (Wildman–Crippen MR) is 134 cm³/mol. The molecule has 0 fully saturated rings. The zero-order valence-corrected chi connectivity index (χ0v) is 19.7. The molecule has 3 aromatic rings. The quantitative estimate of drug-likeness (QED) is 0.231. The summed E-state index contributed by atoms with van der Waals surface area (Å²) in [5, 5.41) is 7.50. The van der Waals surface area contributed by atoms with Crippen molar-refractivity contribution in [1.29, 1.82) is 0 Å². The summed E-state index contributed by atoms with van der Waals surface area (Å²) in [6.45, 7) is 3.08. The van der Waals surface area contributed by atoms with E-state index in [4.69, 9.17) is 4.74 Å². The maximum absolute atomic E-state index is 5.93. The van der Waals surface area contributed by atoms with Gasteiger partial charge >= 0.3 is 0 Å². The van der Waals surface area contributed by atoms with Crippen molar-refractivity contribution >= 4 is 0 Å². The van der Waals surface area contributed by atoms with Crippen LogP contribution in [0.25, 0.3) is 22.6 Å². The van der Waals surface area contributed by atoms with Gasteiger partial charge in [-0.1, -0.05) is 83.6 Å². The summed E-state index contributed by atoms with van der Waals surface area (Å²) in [6.07, 6.45) is 18.1. The number of hydrogen-bond donors (Lipinski definition) is 1. The molecule has 0 saturated carbocycles. The van der Waals surface area contributed by atoms with Crippen molar-refractivity contribution in [2.45, 2.75) is 84.0 Å². The molecule has 0 unspecified atom stereocenters. The van der Waals surface area contributed by atoms with Crippen molar-refractivity contribution in [2.75, 3.05) is 6.61 Å². The molecular weight excluding hydrogens is 394 g/mol. The van der Waals surface area contributed by atoms with Gasteiger partial charge in [0.2, 0.25) is 0 Å². The molecule has 0 amide bonds. The largest absolute Gasteiger partial charge is 0.494 e. The van der Waals surface area contributed by atoms with E-state index in [1.54, 1.807) is 6.20 Å². The van der Waals surface area contributed by atoms with E-state index >= 15 is 0 Å². The Kier molecular flexibility index (Phi) is 10.8. The zero-order chi connectivity index (χ0) is 22.3. The Morgan fingerprint density at radius 3 is 2.00 bits per heavy atom. The molecule has 4 nitrogen and oxygen atoms in total. The number of ether oxygens (including phenoxy) is 1. The lowest BCUT2D eigenvalue weighted by Gasteiger charge is -2.07. The highest BCUT2D eigenvalue weighted by atomic mass is 16.5. The third-order valence-electron chi connectivity index (χ3n) is 5.94. The fourth-order valence-corrected chi connectivity index (χ4v) is 3.98. The van der Waals surface area contributed by atoms with Gasteiger partial charge in [-0.05, 0) is 48.9 Å². The van der Waals surface area contributed by atoms with E-state index in [-0.39, 0.29) is 0 Å². The Morgan fingerprint density at radius 2 is 1.38 bits per heavy atom. The normalized spacial score (nSPS) is 11.0. The number of unbranched alkanes of at least 4 members (excludes halogenated alkanes) is 11. The van der Waals surface area contributed by atoms with E-state index in [1.165, 1.54) is 70.6 Å². The number of H-pyrrole nitrogens is 1. The average molecular weight is 434 g/mol. The van der Waals surface area contributed by atoms with Crippen LogP contribution in [0, 0.1) is 0 Å².